The minimum Gasteiger partial charge on any atom is -0.490 e. The Bertz CT molecular complexity index is 493. The minimum atomic E-state index is -0.387. The number of hydrogen-bond acceptors (Lipinski definition) is 2. The van der Waals surface area contributed by atoms with E-state index in [0.29, 0.717) is 6.42 Å². The summed E-state index contributed by atoms with van der Waals surface area (Å²) in [6.45, 7) is 0. The van der Waals surface area contributed by atoms with Crippen LogP contribution in [0.2, 0.25) is 0 Å². The Kier molecular flexibility index (Phi) is 2.18. The fourth-order valence-electron chi connectivity index (χ4n) is 2.61. The Balaban J connectivity index is 2.08. The van der Waals surface area contributed by atoms with Crippen molar-refractivity contribution in [3.63, 3.8) is 0 Å². The third-order valence-corrected chi connectivity index (χ3v) is 3.86. The van der Waals surface area contributed by atoms with Crippen LogP contribution in [0.3, 0.4) is 0 Å². The van der Waals surface area contributed by atoms with Crippen molar-refractivity contribution < 1.29 is 9.53 Å². The fourth-order valence-corrected chi connectivity index (χ4v) is 3.02. The van der Waals surface area contributed by atoms with Crippen LogP contribution in [0.1, 0.15) is 24.0 Å². The molecule has 1 unspecified atom stereocenters. The van der Waals surface area contributed by atoms with E-state index in [1.807, 2.05) is 6.07 Å². The Labute approximate surface area is 102 Å². The van der Waals surface area contributed by atoms with Crippen LogP contribution in [0.4, 0.5) is 0 Å². The lowest BCUT2D eigenvalue weighted by atomic mass is 9.89. The standard InChI is InChI=1S/C13H11BrO2/c14-10-1-2-12-9(7-10)3-5-13(12)8-11(15)4-6-16-13/h1-2,4,6-7H,3,5,8H2. The van der Waals surface area contributed by atoms with Crippen LogP contribution in [0, 0.1) is 0 Å². The second-order valence-electron chi connectivity index (χ2n) is 4.36. The molecule has 1 aromatic carbocycles. The first-order valence-electron chi connectivity index (χ1n) is 5.36. The molecule has 0 saturated carbocycles. The molecule has 0 N–H and O–H groups in total. The largest absolute Gasteiger partial charge is 0.490 e. The maximum atomic E-state index is 11.5. The fraction of sp³-hybridized carbons (Fsp3) is 0.308. The molecule has 1 aromatic rings. The average molecular weight is 279 g/mol. The predicted octanol–water partition coefficient (Wildman–Crippen LogP) is 3.09. The van der Waals surface area contributed by atoms with E-state index in [1.165, 1.54) is 17.2 Å². The quantitative estimate of drug-likeness (QED) is 0.729. The van der Waals surface area contributed by atoms with Crippen molar-refractivity contribution in [3.05, 3.63) is 46.1 Å². The summed E-state index contributed by atoms with van der Waals surface area (Å²) in [6.07, 6.45) is 5.41. The molecule has 3 rings (SSSR count). The Morgan fingerprint density at radius 3 is 3.06 bits per heavy atom. The van der Waals surface area contributed by atoms with Gasteiger partial charge in [-0.25, -0.2) is 0 Å². The SMILES string of the molecule is O=C1C=COC2(CCc3cc(Br)ccc32)C1. The maximum Gasteiger partial charge on any atom is 0.163 e. The van der Waals surface area contributed by atoms with E-state index >= 15 is 0 Å². The molecule has 0 amide bonds. The minimum absolute atomic E-state index is 0.155. The van der Waals surface area contributed by atoms with Gasteiger partial charge in [0.2, 0.25) is 0 Å². The van der Waals surface area contributed by atoms with E-state index in [0.717, 1.165) is 17.3 Å². The number of carbonyl (C=O) groups excluding carboxylic acids is 1. The van der Waals surface area contributed by atoms with Gasteiger partial charge in [-0.15, -0.1) is 0 Å². The van der Waals surface area contributed by atoms with E-state index in [2.05, 4.69) is 28.1 Å². The molecule has 0 bridgehead atoms. The van der Waals surface area contributed by atoms with Crippen molar-refractivity contribution in [1.82, 2.24) is 0 Å². The molecule has 0 radical (unpaired) electrons. The van der Waals surface area contributed by atoms with E-state index in [1.54, 1.807) is 6.26 Å². The Morgan fingerprint density at radius 2 is 2.25 bits per heavy atom. The van der Waals surface area contributed by atoms with Crippen molar-refractivity contribution in [2.75, 3.05) is 0 Å². The highest BCUT2D eigenvalue weighted by molar-refractivity contribution is 9.10. The van der Waals surface area contributed by atoms with Gasteiger partial charge in [0.05, 0.1) is 12.7 Å². The van der Waals surface area contributed by atoms with Crippen molar-refractivity contribution in [1.29, 1.82) is 0 Å². The molecule has 1 aliphatic carbocycles. The number of hydrogen-bond donors (Lipinski definition) is 0. The first-order chi connectivity index (χ1) is 7.70. The zero-order chi connectivity index (χ0) is 11.2. The highest BCUT2D eigenvalue weighted by Gasteiger charge is 2.42. The van der Waals surface area contributed by atoms with Gasteiger partial charge >= 0.3 is 0 Å². The average Bonchev–Trinajstić information content (AvgIpc) is 2.57. The molecule has 1 aliphatic heterocycles. The summed E-state index contributed by atoms with van der Waals surface area (Å²) in [4.78, 5) is 11.5. The zero-order valence-electron chi connectivity index (χ0n) is 8.70. The second kappa shape index (κ2) is 3.45. The van der Waals surface area contributed by atoms with Crippen LogP contribution in [-0.2, 0) is 21.6 Å². The van der Waals surface area contributed by atoms with Crippen LogP contribution in [0.5, 0.6) is 0 Å². The summed E-state index contributed by atoms with van der Waals surface area (Å²) in [7, 11) is 0. The molecule has 3 heteroatoms. The smallest absolute Gasteiger partial charge is 0.163 e. The number of fused-ring (bicyclic) bond motifs is 2. The van der Waals surface area contributed by atoms with Crippen molar-refractivity contribution in [2.24, 2.45) is 0 Å². The van der Waals surface area contributed by atoms with E-state index in [9.17, 15) is 4.79 Å². The lowest BCUT2D eigenvalue weighted by molar-refractivity contribution is -0.122. The van der Waals surface area contributed by atoms with Crippen molar-refractivity contribution in [3.8, 4) is 0 Å². The van der Waals surface area contributed by atoms with Crippen LogP contribution in [0.25, 0.3) is 0 Å². The van der Waals surface area contributed by atoms with E-state index < -0.39 is 0 Å². The number of carbonyl (C=O) groups is 1. The molecule has 0 fully saturated rings. The lowest BCUT2D eigenvalue weighted by Crippen LogP contribution is -2.30. The predicted molar refractivity (Wildman–Crippen MR) is 64.0 cm³/mol. The van der Waals surface area contributed by atoms with E-state index in [4.69, 9.17) is 4.74 Å². The molecule has 1 spiro atoms. The van der Waals surface area contributed by atoms with Gasteiger partial charge in [0.25, 0.3) is 0 Å². The molecule has 1 heterocycles. The summed E-state index contributed by atoms with van der Waals surface area (Å²) in [5, 5.41) is 0. The van der Waals surface area contributed by atoms with Gasteiger partial charge in [0.1, 0.15) is 5.60 Å². The molecule has 82 valence electrons. The number of rotatable bonds is 0. The molecular formula is C13H11BrO2. The summed E-state index contributed by atoms with van der Waals surface area (Å²) in [5.74, 6) is 0.155. The van der Waals surface area contributed by atoms with Gasteiger partial charge < -0.3 is 4.74 Å². The summed E-state index contributed by atoms with van der Waals surface area (Å²) in [6, 6.07) is 6.20. The van der Waals surface area contributed by atoms with Crippen LogP contribution in [-0.4, -0.2) is 5.78 Å². The topological polar surface area (TPSA) is 26.3 Å². The van der Waals surface area contributed by atoms with Gasteiger partial charge in [-0.2, -0.15) is 0 Å². The number of benzene rings is 1. The Hall–Kier alpha value is -1.09. The number of allylic oxidation sites excluding steroid dienone is 1. The molecule has 0 aromatic heterocycles. The van der Waals surface area contributed by atoms with E-state index in [-0.39, 0.29) is 11.4 Å². The number of ether oxygens (including phenoxy) is 1. The summed E-state index contributed by atoms with van der Waals surface area (Å²) < 4.78 is 6.83. The van der Waals surface area contributed by atoms with Gasteiger partial charge in [-0.3, -0.25) is 4.79 Å². The zero-order valence-corrected chi connectivity index (χ0v) is 10.3. The first-order valence-corrected chi connectivity index (χ1v) is 6.15. The molecule has 1 atom stereocenters. The van der Waals surface area contributed by atoms with Gasteiger partial charge in [-0.1, -0.05) is 22.0 Å². The summed E-state index contributed by atoms with van der Waals surface area (Å²) in [5.41, 5.74) is 2.08. The van der Waals surface area contributed by atoms with Gasteiger partial charge in [0, 0.05) is 10.5 Å². The van der Waals surface area contributed by atoms with Crippen molar-refractivity contribution >= 4 is 21.7 Å². The monoisotopic (exact) mass is 278 g/mol. The number of halogens is 1. The third-order valence-electron chi connectivity index (χ3n) is 3.36. The van der Waals surface area contributed by atoms with Crippen LogP contribution >= 0.6 is 15.9 Å². The third kappa shape index (κ3) is 1.42. The van der Waals surface area contributed by atoms with Crippen LogP contribution in [0.15, 0.2) is 35.0 Å². The molecular weight excluding hydrogens is 268 g/mol. The number of ketones is 1. The second-order valence-corrected chi connectivity index (χ2v) is 5.28. The molecule has 2 aliphatic rings. The normalized spacial score (nSPS) is 26.9. The first kappa shape index (κ1) is 10.1. The lowest BCUT2D eigenvalue weighted by Gasteiger charge is -2.31. The molecule has 2 nitrogen and oxygen atoms in total. The van der Waals surface area contributed by atoms with Gasteiger partial charge in [-0.05, 0) is 36.1 Å². The maximum absolute atomic E-state index is 11.5. The Morgan fingerprint density at radius 1 is 1.38 bits per heavy atom. The summed E-state index contributed by atoms with van der Waals surface area (Å²) >= 11 is 3.47. The van der Waals surface area contributed by atoms with Crippen molar-refractivity contribution in [2.45, 2.75) is 24.9 Å². The molecule has 0 saturated heterocycles. The van der Waals surface area contributed by atoms with Gasteiger partial charge in [0.15, 0.2) is 5.78 Å². The number of aryl methyl sites for hydroxylation is 1. The highest BCUT2D eigenvalue weighted by Crippen LogP contribution is 2.45. The molecule has 16 heavy (non-hydrogen) atoms. The van der Waals surface area contributed by atoms with Crippen LogP contribution < -0.4 is 0 Å². The highest BCUT2D eigenvalue weighted by atomic mass is 79.9.